The summed E-state index contributed by atoms with van der Waals surface area (Å²) >= 11 is 5.48. The number of benzene rings is 1. The van der Waals surface area contributed by atoms with Gasteiger partial charge in [-0.3, -0.25) is 4.79 Å². The summed E-state index contributed by atoms with van der Waals surface area (Å²) in [5.74, 6) is -2.22. The Balaban J connectivity index is 2.99. The van der Waals surface area contributed by atoms with Crippen molar-refractivity contribution in [1.82, 2.24) is 4.90 Å². The van der Waals surface area contributed by atoms with E-state index in [1.54, 1.807) is 0 Å². The fraction of sp³-hybridized carbons (Fsp3) is 0.308. The lowest BCUT2D eigenvalue weighted by Gasteiger charge is -2.28. The molecule has 1 aromatic rings. The number of carbonyl (C=O) groups is 1. The van der Waals surface area contributed by atoms with Gasteiger partial charge in [-0.15, -0.1) is 18.2 Å². The van der Waals surface area contributed by atoms with Crippen LogP contribution in [0.4, 0.5) is 8.78 Å². The molecule has 1 unspecified atom stereocenters. The molecule has 1 amide bonds. The lowest BCUT2D eigenvalue weighted by molar-refractivity contribution is -0.131. The van der Waals surface area contributed by atoms with Crippen LogP contribution in [0.2, 0.25) is 0 Å². The van der Waals surface area contributed by atoms with Gasteiger partial charge in [-0.2, -0.15) is 0 Å². The van der Waals surface area contributed by atoms with Crippen LogP contribution in [0.3, 0.4) is 0 Å². The van der Waals surface area contributed by atoms with Gasteiger partial charge in [0.25, 0.3) is 0 Å². The van der Waals surface area contributed by atoms with E-state index in [0.717, 1.165) is 12.1 Å². The highest BCUT2D eigenvalue weighted by atomic mass is 35.5. The Hall–Kier alpha value is -1.46. The molecular formula is C13H14ClF2NO2. The van der Waals surface area contributed by atoms with Crippen molar-refractivity contribution in [2.24, 2.45) is 0 Å². The molecule has 0 heterocycles. The van der Waals surface area contributed by atoms with Crippen molar-refractivity contribution in [2.75, 3.05) is 12.5 Å². The van der Waals surface area contributed by atoms with Gasteiger partial charge < -0.3 is 10.0 Å². The van der Waals surface area contributed by atoms with Crippen LogP contribution in [0.25, 0.3) is 0 Å². The van der Waals surface area contributed by atoms with Crippen molar-refractivity contribution in [3.8, 4) is 0 Å². The zero-order valence-corrected chi connectivity index (χ0v) is 10.9. The standard InChI is InChI=1S/C13H14ClF2NO2/c1-2-11(8-18)17(13(19)6-14)7-9-3-4-10(15)5-12(9)16/h2-5,11,18H,1,6-8H2. The quantitative estimate of drug-likeness (QED) is 0.643. The second-order valence-corrected chi connectivity index (χ2v) is 4.14. The van der Waals surface area contributed by atoms with Crippen molar-refractivity contribution in [1.29, 1.82) is 0 Å². The van der Waals surface area contributed by atoms with Crippen LogP contribution >= 0.6 is 11.6 Å². The third kappa shape index (κ3) is 4.01. The molecule has 104 valence electrons. The third-order valence-corrected chi connectivity index (χ3v) is 2.88. The number of alkyl halides is 1. The van der Waals surface area contributed by atoms with Crippen molar-refractivity contribution in [3.63, 3.8) is 0 Å². The van der Waals surface area contributed by atoms with Gasteiger partial charge in [0.15, 0.2) is 0 Å². The monoisotopic (exact) mass is 289 g/mol. The topological polar surface area (TPSA) is 40.5 Å². The molecule has 0 spiro atoms. The summed E-state index contributed by atoms with van der Waals surface area (Å²) in [7, 11) is 0. The maximum Gasteiger partial charge on any atom is 0.238 e. The van der Waals surface area contributed by atoms with Crippen LogP contribution in [0.15, 0.2) is 30.9 Å². The number of rotatable bonds is 6. The summed E-state index contributed by atoms with van der Waals surface area (Å²) in [6.45, 7) is 3.03. The van der Waals surface area contributed by atoms with E-state index in [1.807, 2.05) is 0 Å². The number of hydrogen-bond donors (Lipinski definition) is 1. The van der Waals surface area contributed by atoms with Gasteiger partial charge in [0.2, 0.25) is 5.91 Å². The third-order valence-electron chi connectivity index (χ3n) is 2.65. The highest BCUT2D eigenvalue weighted by molar-refractivity contribution is 6.27. The molecule has 0 fully saturated rings. The van der Waals surface area contributed by atoms with Crippen LogP contribution in [-0.2, 0) is 11.3 Å². The molecule has 0 bridgehead atoms. The number of aliphatic hydroxyl groups excluding tert-OH is 1. The molecule has 0 radical (unpaired) electrons. The van der Waals surface area contributed by atoms with E-state index >= 15 is 0 Å². The van der Waals surface area contributed by atoms with E-state index in [1.165, 1.54) is 17.0 Å². The Morgan fingerprint density at radius 2 is 2.21 bits per heavy atom. The van der Waals surface area contributed by atoms with Crippen molar-refractivity contribution in [3.05, 3.63) is 48.1 Å². The van der Waals surface area contributed by atoms with Gasteiger partial charge >= 0.3 is 0 Å². The Kier molecular flexibility index (Phi) is 5.92. The van der Waals surface area contributed by atoms with E-state index in [2.05, 4.69) is 6.58 Å². The molecule has 0 aliphatic rings. The van der Waals surface area contributed by atoms with Crippen LogP contribution < -0.4 is 0 Å². The van der Waals surface area contributed by atoms with Crippen LogP contribution in [0.5, 0.6) is 0 Å². The molecule has 0 aliphatic carbocycles. The molecule has 6 heteroatoms. The molecule has 1 atom stereocenters. The SMILES string of the molecule is C=CC(CO)N(Cc1ccc(F)cc1F)C(=O)CCl. The van der Waals surface area contributed by atoms with Gasteiger partial charge in [-0.05, 0) is 6.07 Å². The Morgan fingerprint density at radius 3 is 2.68 bits per heavy atom. The molecular weight excluding hydrogens is 276 g/mol. The van der Waals surface area contributed by atoms with Crippen molar-refractivity contribution >= 4 is 17.5 Å². The largest absolute Gasteiger partial charge is 0.394 e. The summed E-state index contributed by atoms with van der Waals surface area (Å²) in [6, 6.07) is 2.41. The maximum atomic E-state index is 13.6. The first kappa shape index (κ1) is 15.6. The molecule has 19 heavy (non-hydrogen) atoms. The predicted molar refractivity (Wildman–Crippen MR) is 68.7 cm³/mol. The summed E-state index contributed by atoms with van der Waals surface area (Å²) in [5.41, 5.74) is 0.139. The number of hydrogen-bond acceptors (Lipinski definition) is 2. The molecule has 0 aromatic heterocycles. The van der Waals surface area contributed by atoms with E-state index in [4.69, 9.17) is 11.6 Å². The number of nitrogens with zero attached hydrogens (tertiary/aromatic N) is 1. The van der Waals surface area contributed by atoms with Crippen molar-refractivity contribution < 1.29 is 18.7 Å². The Morgan fingerprint density at radius 1 is 1.53 bits per heavy atom. The first-order valence-electron chi connectivity index (χ1n) is 5.56. The summed E-state index contributed by atoms with van der Waals surface area (Å²) in [6.07, 6.45) is 1.37. The number of aliphatic hydroxyl groups is 1. The minimum absolute atomic E-state index is 0.116. The normalized spacial score (nSPS) is 12.0. The van der Waals surface area contributed by atoms with E-state index in [9.17, 15) is 18.7 Å². The zero-order valence-electron chi connectivity index (χ0n) is 10.2. The minimum Gasteiger partial charge on any atom is -0.394 e. The first-order valence-corrected chi connectivity index (χ1v) is 6.09. The summed E-state index contributed by atoms with van der Waals surface area (Å²) in [5, 5.41) is 9.17. The fourth-order valence-electron chi connectivity index (χ4n) is 1.60. The van der Waals surface area contributed by atoms with Crippen LogP contribution in [0, 0.1) is 11.6 Å². The number of carbonyl (C=O) groups excluding carboxylic acids is 1. The van der Waals surface area contributed by atoms with E-state index in [0.29, 0.717) is 0 Å². The lowest BCUT2D eigenvalue weighted by Crippen LogP contribution is -2.41. The molecule has 0 saturated carbocycles. The summed E-state index contributed by atoms with van der Waals surface area (Å²) < 4.78 is 26.4. The Labute approximate surface area is 115 Å². The average Bonchev–Trinajstić information content (AvgIpc) is 2.40. The maximum absolute atomic E-state index is 13.6. The van der Waals surface area contributed by atoms with Gasteiger partial charge in [-0.25, -0.2) is 8.78 Å². The smallest absolute Gasteiger partial charge is 0.238 e. The zero-order chi connectivity index (χ0) is 14.4. The van der Waals surface area contributed by atoms with Crippen LogP contribution in [0.1, 0.15) is 5.56 Å². The van der Waals surface area contributed by atoms with Gasteiger partial charge in [0, 0.05) is 18.2 Å². The van der Waals surface area contributed by atoms with Gasteiger partial charge in [-0.1, -0.05) is 12.1 Å². The second-order valence-electron chi connectivity index (χ2n) is 3.88. The second kappa shape index (κ2) is 7.21. The molecule has 0 aliphatic heterocycles. The van der Waals surface area contributed by atoms with E-state index < -0.39 is 23.6 Å². The molecule has 3 nitrogen and oxygen atoms in total. The fourth-order valence-corrected chi connectivity index (χ4v) is 1.75. The molecule has 1 N–H and O–H groups in total. The van der Waals surface area contributed by atoms with E-state index in [-0.39, 0.29) is 24.6 Å². The highest BCUT2D eigenvalue weighted by Gasteiger charge is 2.21. The van der Waals surface area contributed by atoms with Gasteiger partial charge in [0.05, 0.1) is 12.6 Å². The lowest BCUT2D eigenvalue weighted by atomic mass is 10.1. The first-order chi connectivity index (χ1) is 9.03. The van der Waals surface area contributed by atoms with Crippen molar-refractivity contribution in [2.45, 2.75) is 12.6 Å². The minimum atomic E-state index is -0.756. The van der Waals surface area contributed by atoms with Crippen LogP contribution in [-0.4, -0.2) is 34.4 Å². The number of amides is 1. The number of halogens is 3. The molecule has 1 rings (SSSR count). The van der Waals surface area contributed by atoms with Gasteiger partial charge in [0.1, 0.15) is 17.5 Å². The summed E-state index contributed by atoms with van der Waals surface area (Å²) in [4.78, 5) is 12.9. The highest BCUT2D eigenvalue weighted by Crippen LogP contribution is 2.15. The Bertz CT molecular complexity index is 468. The molecule has 0 saturated heterocycles. The average molecular weight is 290 g/mol. The molecule has 1 aromatic carbocycles. The predicted octanol–water partition coefficient (Wildman–Crippen LogP) is 2.08.